The first-order valence-electron chi connectivity index (χ1n) is 9.01. The van der Waals surface area contributed by atoms with Crippen LogP contribution in [0.3, 0.4) is 0 Å². The predicted molar refractivity (Wildman–Crippen MR) is 99.4 cm³/mol. The molecular weight excluding hydrogens is 416 g/mol. The van der Waals surface area contributed by atoms with Crippen molar-refractivity contribution in [3.8, 4) is 0 Å². The van der Waals surface area contributed by atoms with Crippen LogP contribution < -0.4 is 0 Å². The first-order chi connectivity index (χ1) is 13.4. The maximum atomic E-state index is 13.4. The van der Waals surface area contributed by atoms with Crippen molar-refractivity contribution in [3.63, 3.8) is 0 Å². The number of hydrogen-bond donors (Lipinski definition) is 0. The highest BCUT2D eigenvalue weighted by molar-refractivity contribution is 5.34. The van der Waals surface area contributed by atoms with Gasteiger partial charge in [0.25, 0.3) is 0 Å². The molecule has 0 atom stereocenters. The van der Waals surface area contributed by atoms with E-state index < -0.39 is 79.6 Å². The topological polar surface area (TPSA) is 0 Å². The summed E-state index contributed by atoms with van der Waals surface area (Å²) >= 11 is 0. The lowest BCUT2D eigenvalue weighted by molar-refractivity contribution is 0.398. The minimum atomic E-state index is -1.32. The first kappa shape index (κ1) is 25.9. The van der Waals surface area contributed by atoms with Gasteiger partial charge in [-0.1, -0.05) is 41.5 Å². The molecule has 0 saturated heterocycles. The Balaban J connectivity index is 0.000000300. The zero-order chi connectivity index (χ0) is 23.9. The van der Waals surface area contributed by atoms with E-state index in [4.69, 9.17) is 0 Å². The molecule has 0 aliphatic carbocycles. The second-order valence-corrected chi connectivity index (χ2v) is 9.01. The van der Waals surface area contributed by atoms with Crippen molar-refractivity contribution in [2.45, 2.75) is 66.2 Å². The Labute approximate surface area is 170 Å². The van der Waals surface area contributed by atoms with Crippen LogP contribution in [-0.4, -0.2) is 0 Å². The molecule has 0 saturated carbocycles. The first-order valence-corrected chi connectivity index (χ1v) is 9.01. The summed E-state index contributed by atoms with van der Waals surface area (Å²) < 4.78 is 106. The molecule has 0 heterocycles. The molecule has 30 heavy (non-hydrogen) atoms. The molecule has 2 rings (SSSR count). The zero-order valence-corrected chi connectivity index (χ0v) is 18.0. The SMILES string of the molecule is Cc1c(F)c(F)c(C(C)(C)C)c(F)c1F.Cc1c(F)c(F)c(C(C)(C)C)c(F)c1F. The van der Waals surface area contributed by atoms with Gasteiger partial charge in [-0.15, -0.1) is 0 Å². The number of benzene rings is 2. The molecule has 0 N–H and O–H groups in total. The van der Waals surface area contributed by atoms with Crippen molar-refractivity contribution in [1.82, 2.24) is 0 Å². The maximum absolute atomic E-state index is 13.4. The summed E-state index contributed by atoms with van der Waals surface area (Å²) in [5.41, 5.74) is -4.32. The van der Waals surface area contributed by atoms with Gasteiger partial charge in [0, 0.05) is 22.3 Å². The normalized spacial score (nSPS) is 12.0. The standard InChI is InChI=1S/2C11H12F4/c2*1-5-7(12)9(14)6(11(2,3)4)10(15)8(5)13/h2*1-4H3. The van der Waals surface area contributed by atoms with Crippen molar-refractivity contribution in [2.24, 2.45) is 0 Å². The Kier molecular flexibility index (Phi) is 7.39. The quantitative estimate of drug-likeness (QED) is 0.291. The summed E-state index contributed by atoms with van der Waals surface area (Å²) in [6.07, 6.45) is 0. The van der Waals surface area contributed by atoms with E-state index in [9.17, 15) is 35.1 Å². The van der Waals surface area contributed by atoms with Crippen molar-refractivity contribution in [1.29, 1.82) is 0 Å². The number of hydrogen-bond acceptors (Lipinski definition) is 0. The molecule has 2 aromatic rings. The fourth-order valence-corrected chi connectivity index (χ4v) is 2.80. The summed E-state index contributed by atoms with van der Waals surface area (Å²) in [6.45, 7) is 10.9. The van der Waals surface area contributed by atoms with Gasteiger partial charge in [0.05, 0.1) is 0 Å². The second kappa shape index (κ2) is 8.55. The van der Waals surface area contributed by atoms with E-state index in [1.807, 2.05) is 0 Å². The minimum Gasteiger partial charge on any atom is -0.203 e. The van der Waals surface area contributed by atoms with Crippen molar-refractivity contribution in [3.05, 3.63) is 68.8 Å². The van der Waals surface area contributed by atoms with E-state index in [0.29, 0.717) is 0 Å². The summed E-state index contributed by atoms with van der Waals surface area (Å²) in [4.78, 5) is 0. The molecule has 8 heteroatoms. The van der Waals surface area contributed by atoms with Crippen LogP contribution in [0.25, 0.3) is 0 Å². The average molecular weight is 440 g/mol. The molecule has 0 spiro atoms. The fourth-order valence-electron chi connectivity index (χ4n) is 2.80. The van der Waals surface area contributed by atoms with Crippen LogP contribution in [0.1, 0.15) is 63.8 Å². The van der Waals surface area contributed by atoms with Crippen LogP contribution in [0, 0.1) is 60.4 Å². The van der Waals surface area contributed by atoms with Crippen LogP contribution in [0.2, 0.25) is 0 Å². The number of rotatable bonds is 0. The molecule has 0 bridgehead atoms. The van der Waals surface area contributed by atoms with Gasteiger partial charge in [0.2, 0.25) is 0 Å². The average Bonchev–Trinajstić information content (AvgIpc) is 2.60. The Hall–Kier alpha value is -2.12. The van der Waals surface area contributed by atoms with Crippen molar-refractivity contribution < 1.29 is 35.1 Å². The lowest BCUT2D eigenvalue weighted by atomic mass is 9.85. The minimum absolute atomic E-state index is 0.553. The lowest BCUT2D eigenvalue weighted by Gasteiger charge is -2.21. The van der Waals surface area contributed by atoms with Gasteiger partial charge in [0.1, 0.15) is 0 Å². The summed E-state index contributed by atoms with van der Waals surface area (Å²) in [6, 6.07) is 0. The molecule has 0 aliphatic heterocycles. The van der Waals surface area contributed by atoms with Crippen LogP contribution in [0.15, 0.2) is 0 Å². The fraction of sp³-hybridized carbons (Fsp3) is 0.455. The lowest BCUT2D eigenvalue weighted by Crippen LogP contribution is -2.19. The Morgan fingerprint density at radius 2 is 0.533 bits per heavy atom. The predicted octanol–water partition coefficient (Wildman–Crippen LogP) is 7.70. The van der Waals surface area contributed by atoms with Crippen molar-refractivity contribution >= 4 is 0 Å². The molecule has 0 aliphatic rings. The van der Waals surface area contributed by atoms with E-state index >= 15 is 0 Å². The third kappa shape index (κ3) is 4.78. The van der Waals surface area contributed by atoms with Crippen molar-refractivity contribution in [2.75, 3.05) is 0 Å². The molecule has 0 nitrogen and oxygen atoms in total. The van der Waals surface area contributed by atoms with Gasteiger partial charge >= 0.3 is 0 Å². The molecule has 168 valence electrons. The summed E-state index contributed by atoms with van der Waals surface area (Å²) in [5, 5.41) is 0. The highest BCUT2D eigenvalue weighted by Gasteiger charge is 2.31. The Bertz CT molecular complexity index is 826. The molecule has 0 radical (unpaired) electrons. The molecule has 2 aromatic carbocycles. The van der Waals surface area contributed by atoms with Crippen LogP contribution in [0.5, 0.6) is 0 Å². The van der Waals surface area contributed by atoms with Gasteiger partial charge in [-0.25, -0.2) is 35.1 Å². The van der Waals surface area contributed by atoms with Gasteiger partial charge in [-0.3, -0.25) is 0 Å². The third-order valence-corrected chi connectivity index (χ3v) is 4.47. The highest BCUT2D eigenvalue weighted by Crippen LogP contribution is 2.33. The Morgan fingerprint density at radius 1 is 0.367 bits per heavy atom. The van der Waals surface area contributed by atoms with E-state index in [1.165, 1.54) is 41.5 Å². The third-order valence-electron chi connectivity index (χ3n) is 4.47. The second-order valence-electron chi connectivity index (χ2n) is 9.01. The molecule has 0 amide bonds. The monoisotopic (exact) mass is 440 g/mol. The highest BCUT2D eigenvalue weighted by atomic mass is 19.2. The summed E-state index contributed by atoms with van der Waals surface area (Å²) in [5.74, 6) is -10.5. The molecular formula is C22H24F8. The molecule has 0 aromatic heterocycles. The van der Waals surface area contributed by atoms with Gasteiger partial charge < -0.3 is 0 Å². The van der Waals surface area contributed by atoms with E-state index in [-0.39, 0.29) is 0 Å². The van der Waals surface area contributed by atoms with E-state index in [1.54, 1.807) is 0 Å². The zero-order valence-electron chi connectivity index (χ0n) is 18.0. The Morgan fingerprint density at radius 3 is 0.667 bits per heavy atom. The smallest absolute Gasteiger partial charge is 0.165 e. The summed E-state index contributed by atoms with van der Waals surface area (Å²) in [7, 11) is 0. The van der Waals surface area contributed by atoms with E-state index in [2.05, 4.69) is 0 Å². The van der Waals surface area contributed by atoms with E-state index in [0.717, 1.165) is 13.8 Å². The van der Waals surface area contributed by atoms with Gasteiger partial charge in [-0.05, 0) is 24.7 Å². The van der Waals surface area contributed by atoms with Crippen LogP contribution in [0.4, 0.5) is 35.1 Å². The van der Waals surface area contributed by atoms with Crippen LogP contribution >= 0.6 is 0 Å². The number of halogens is 8. The maximum Gasteiger partial charge on any atom is 0.165 e. The van der Waals surface area contributed by atoms with Gasteiger partial charge in [0.15, 0.2) is 46.5 Å². The molecule has 0 unspecified atom stereocenters. The van der Waals surface area contributed by atoms with Crippen LogP contribution in [-0.2, 0) is 10.8 Å². The largest absolute Gasteiger partial charge is 0.203 e. The molecule has 0 fully saturated rings. The van der Waals surface area contributed by atoms with Gasteiger partial charge in [-0.2, -0.15) is 0 Å².